The summed E-state index contributed by atoms with van der Waals surface area (Å²) in [4.78, 5) is 12.1. The molecule has 2 unspecified atom stereocenters. The monoisotopic (exact) mass is 404 g/mol. The van der Waals surface area contributed by atoms with E-state index in [4.69, 9.17) is 4.74 Å². The Morgan fingerprint density at radius 1 is 1.35 bits per heavy atom. The van der Waals surface area contributed by atoms with Gasteiger partial charge in [0.25, 0.3) is 0 Å². The third kappa shape index (κ3) is 4.02. The molecule has 1 heterocycles. The summed E-state index contributed by atoms with van der Waals surface area (Å²) >= 11 is 0. The molecule has 0 bridgehead atoms. The lowest BCUT2D eigenvalue weighted by molar-refractivity contribution is -0.119. The highest BCUT2D eigenvalue weighted by Gasteiger charge is 2.42. The maximum atomic E-state index is 12.7. The molecular weight excluding hydrogens is 380 g/mol. The standard InChI is InChI=1S/C16H24N2O6S2/c1-5-12(4)17-26(22,23)15-9-13(7-8-14(15)24-6-2)18-16(19)11(3)10-25(18,20)21/h7-9,11-12,17H,5-6,10H2,1-4H3. The van der Waals surface area contributed by atoms with E-state index in [0.717, 1.165) is 0 Å². The third-order valence-corrected chi connectivity index (χ3v) is 7.56. The number of hydrogen-bond donors (Lipinski definition) is 1. The molecule has 1 aromatic carbocycles. The van der Waals surface area contributed by atoms with Crippen molar-refractivity contribution in [3.63, 3.8) is 0 Å². The zero-order valence-electron chi connectivity index (χ0n) is 15.2. The Labute approximate surface area is 154 Å². The average Bonchev–Trinajstić information content (AvgIpc) is 2.75. The Kier molecular flexibility index (Phi) is 5.99. The van der Waals surface area contributed by atoms with Crippen LogP contribution in [-0.4, -0.2) is 41.1 Å². The maximum absolute atomic E-state index is 12.7. The summed E-state index contributed by atoms with van der Waals surface area (Å²) < 4.78 is 58.6. The van der Waals surface area contributed by atoms with Crippen molar-refractivity contribution in [1.82, 2.24) is 4.72 Å². The first-order chi connectivity index (χ1) is 12.0. The fourth-order valence-electron chi connectivity index (χ4n) is 2.61. The van der Waals surface area contributed by atoms with Gasteiger partial charge in [-0.05, 0) is 38.5 Å². The van der Waals surface area contributed by atoms with E-state index in [1.165, 1.54) is 25.1 Å². The van der Waals surface area contributed by atoms with Crippen LogP contribution < -0.4 is 13.8 Å². The molecule has 1 fully saturated rings. The molecule has 1 amide bonds. The number of ether oxygens (including phenoxy) is 1. The molecule has 10 heteroatoms. The van der Waals surface area contributed by atoms with E-state index in [1.54, 1.807) is 13.8 Å². The van der Waals surface area contributed by atoms with Crippen LogP contribution in [0.5, 0.6) is 5.75 Å². The number of carbonyl (C=O) groups is 1. The Bertz CT molecular complexity index is 895. The number of sulfonamides is 2. The number of anilines is 1. The SMILES string of the molecule is CCOc1ccc(N2C(=O)C(C)CS2(=O)=O)cc1S(=O)(=O)NC(C)CC. The maximum Gasteiger partial charge on any atom is 0.244 e. The van der Waals surface area contributed by atoms with Crippen LogP contribution in [0.25, 0.3) is 0 Å². The minimum Gasteiger partial charge on any atom is -0.492 e. The molecule has 0 aliphatic carbocycles. The van der Waals surface area contributed by atoms with Crippen LogP contribution in [-0.2, 0) is 24.8 Å². The Balaban J connectivity index is 2.58. The molecule has 26 heavy (non-hydrogen) atoms. The van der Waals surface area contributed by atoms with E-state index in [9.17, 15) is 21.6 Å². The highest BCUT2D eigenvalue weighted by molar-refractivity contribution is 7.94. The summed E-state index contributed by atoms with van der Waals surface area (Å²) in [6.07, 6.45) is 0.583. The molecule has 0 spiro atoms. The fraction of sp³-hybridized carbons (Fsp3) is 0.562. The van der Waals surface area contributed by atoms with Gasteiger partial charge in [-0.15, -0.1) is 0 Å². The van der Waals surface area contributed by atoms with Gasteiger partial charge in [-0.1, -0.05) is 13.8 Å². The van der Waals surface area contributed by atoms with Crippen LogP contribution in [0.4, 0.5) is 5.69 Å². The van der Waals surface area contributed by atoms with E-state index in [2.05, 4.69) is 4.72 Å². The van der Waals surface area contributed by atoms with Crippen LogP contribution >= 0.6 is 0 Å². The van der Waals surface area contributed by atoms with Crippen molar-refractivity contribution < 1.29 is 26.4 Å². The topological polar surface area (TPSA) is 110 Å². The zero-order chi connectivity index (χ0) is 19.7. The van der Waals surface area contributed by atoms with Crippen LogP contribution in [0.1, 0.15) is 34.1 Å². The number of rotatable bonds is 7. The molecule has 0 aromatic heterocycles. The Hall–Kier alpha value is -1.65. The molecule has 0 saturated carbocycles. The summed E-state index contributed by atoms with van der Waals surface area (Å²) in [5.74, 6) is -1.45. The highest BCUT2D eigenvalue weighted by Crippen LogP contribution is 2.34. The number of carbonyl (C=O) groups excluding carboxylic acids is 1. The molecule has 2 atom stereocenters. The summed E-state index contributed by atoms with van der Waals surface area (Å²) in [6, 6.07) is 3.61. The smallest absolute Gasteiger partial charge is 0.244 e. The minimum atomic E-state index is -3.95. The lowest BCUT2D eigenvalue weighted by Gasteiger charge is -2.19. The largest absolute Gasteiger partial charge is 0.492 e. The fourth-order valence-corrected chi connectivity index (χ4v) is 5.91. The normalized spacial score (nSPS) is 21.0. The van der Waals surface area contributed by atoms with Gasteiger partial charge in [0.2, 0.25) is 26.0 Å². The van der Waals surface area contributed by atoms with Crippen molar-refractivity contribution in [3.8, 4) is 5.75 Å². The van der Waals surface area contributed by atoms with Crippen molar-refractivity contribution in [2.75, 3.05) is 16.7 Å². The van der Waals surface area contributed by atoms with Crippen LogP contribution in [0.15, 0.2) is 23.1 Å². The van der Waals surface area contributed by atoms with E-state index < -0.39 is 31.9 Å². The van der Waals surface area contributed by atoms with Crippen molar-refractivity contribution in [3.05, 3.63) is 18.2 Å². The molecule has 2 rings (SSSR count). The lowest BCUT2D eigenvalue weighted by Crippen LogP contribution is -2.33. The number of hydrogen-bond acceptors (Lipinski definition) is 6. The van der Waals surface area contributed by atoms with Crippen LogP contribution in [0.2, 0.25) is 0 Å². The average molecular weight is 405 g/mol. The van der Waals surface area contributed by atoms with Gasteiger partial charge in [-0.2, -0.15) is 0 Å². The lowest BCUT2D eigenvalue weighted by atomic mass is 10.2. The first kappa shape index (κ1) is 20.7. The van der Waals surface area contributed by atoms with Crippen molar-refractivity contribution in [2.45, 2.75) is 45.1 Å². The quantitative estimate of drug-likeness (QED) is 0.737. The highest BCUT2D eigenvalue weighted by atomic mass is 32.2. The van der Waals surface area contributed by atoms with Gasteiger partial charge >= 0.3 is 0 Å². The van der Waals surface area contributed by atoms with Crippen LogP contribution in [0.3, 0.4) is 0 Å². The van der Waals surface area contributed by atoms with Gasteiger partial charge in [0.15, 0.2) is 0 Å². The predicted octanol–water partition coefficient (Wildman–Crippen LogP) is 1.47. The van der Waals surface area contributed by atoms with E-state index >= 15 is 0 Å². The van der Waals surface area contributed by atoms with E-state index in [-0.39, 0.29) is 34.7 Å². The van der Waals surface area contributed by atoms with Crippen molar-refractivity contribution in [1.29, 1.82) is 0 Å². The summed E-state index contributed by atoms with van der Waals surface area (Å²) in [5.41, 5.74) is -0.00710. The molecule has 1 aliphatic rings. The van der Waals surface area contributed by atoms with Gasteiger partial charge in [0.1, 0.15) is 10.6 Å². The second-order valence-corrected chi connectivity index (χ2v) is 9.82. The minimum absolute atomic E-state index is 0.00710. The molecule has 146 valence electrons. The molecule has 0 radical (unpaired) electrons. The zero-order valence-corrected chi connectivity index (χ0v) is 16.9. The van der Waals surface area contributed by atoms with Crippen molar-refractivity contribution in [2.24, 2.45) is 5.92 Å². The second-order valence-electron chi connectivity index (χ2n) is 6.28. The Morgan fingerprint density at radius 3 is 2.50 bits per heavy atom. The van der Waals surface area contributed by atoms with Gasteiger partial charge in [-0.25, -0.2) is 25.9 Å². The van der Waals surface area contributed by atoms with E-state index in [0.29, 0.717) is 10.7 Å². The molecule has 8 nitrogen and oxygen atoms in total. The second kappa shape index (κ2) is 7.53. The molecule has 1 aliphatic heterocycles. The molecule has 1 saturated heterocycles. The van der Waals surface area contributed by atoms with Crippen molar-refractivity contribution >= 4 is 31.6 Å². The predicted molar refractivity (Wildman–Crippen MR) is 98.1 cm³/mol. The number of nitrogens with zero attached hydrogens (tertiary/aromatic N) is 1. The van der Waals surface area contributed by atoms with Gasteiger partial charge in [-0.3, -0.25) is 4.79 Å². The number of benzene rings is 1. The summed E-state index contributed by atoms with van der Waals surface area (Å²) in [6.45, 7) is 7.03. The van der Waals surface area contributed by atoms with Gasteiger partial charge in [0, 0.05) is 6.04 Å². The molecule has 1 aromatic rings. The van der Waals surface area contributed by atoms with Gasteiger partial charge < -0.3 is 4.74 Å². The van der Waals surface area contributed by atoms with Crippen LogP contribution in [0, 0.1) is 5.92 Å². The first-order valence-electron chi connectivity index (χ1n) is 8.39. The number of nitrogens with one attached hydrogen (secondary N) is 1. The Morgan fingerprint density at radius 2 is 2.00 bits per heavy atom. The third-order valence-electron chi connectivity index (χ3n) is 4.08. The van der Waals surface area contributed by atoms with Gasteiger partial charge in [0.05, 0.1) is 24.0 Å². The summed E-state index contributed by atoms with van der Waals surface area (Å²) in [7, 11) is -7.78. The molecule has 1 N–H and O–H groups in total. The number of amides is 1. The summed E-state index contributed by atoms with van der Waals surface area (Å²) in [5, 5.41) is 0. The molecular formula is C16H24N2O6S2. The first-order valence-corrected chi connectivity index (χ1v) is 11.5. The van der Waals surface area contributed by atoms with E-state index in [1.807, 2.05) is 6.92 Å².